The molecule has 0 saturated carbocycles. The number of nitrogens with two attached hydrogens (primary N) is 1. The molecule has 3 rings (SSSR count). The van der Waals surface area contributed by atoms with Crippen molar-refractivity contribution in [2.45, 2.75) is 13.0 Å². The minimum absolute atomic E-state index is 0.527. The molecule has 2 heterocycles. The second-order valence-electron chi connectivity index (χ2n) is 4.55. The number of rotatable bonds is 2. The molecule has 1 aromatic heterocycles. The Hall–Kier alpha value is -2.01. The quantitative estimate of drug-likeness (QED) is 0.884. The van der Waals surface area contributed by atoms with Gasteiger partial charge in [0.25, 0.3) is 0 Å². The summed E-state index contributed by atoms with van der Waals surface area (Å²) in [5.41, 5.74) is 8.39. The lowest BCUT2D eigenvalue weighted by molar-refractivity contribution is 0.259. The summed E-state index contributed by atoms with van der Waals surface area (Å²) in [7, 11) is 0. The Bertz CT molecular complexity index is 608. The zero-order valence-corrected chi connectivity index (χ0v) is 11.2. The van der Waals surface area contributed by atoms with Gasteiger partial charge in [-0.3, -0.25) is 0 Å². The number of nitrogens with one attached hydrogen (secondary N) is 1. The molecule has 0 saturated heterocycles. The van der Waals surface area contributed by atoms with Gasteiger partial charge in [-0.15, -0.1) is 11.3 Å². The second-order valence-corrected chi connectivity index (χ2v) is 5.55. The third kappa shape index (κ3) is 2.42. The average Bonchev–Trinajstić information content (AvgIpc) is 2.86. The van der Waals surface area contributed by atoms with Crippen LogP contribution in [0.1, 0.15) is 10.4 Å². The number of primary amides is 1. The van der Waals surface area contributed by atoms with Gasteiger partial charge < -0.3 is 16.0 Å². The first kappa shape index (κ1) is 12.0. The highest BCUT2D eigenvalue weighted by Crippen LogP contribution is 2.32. The number of fused-ring (bicyclic) bond motifs is 1. The summed E-state index contributed by atoms with van der Waals surface area (Å²) in [6, 6.07) is 9.42. The minimum atomic E-state index is -0.527. The third-order valence-corrected chi connectivity index (χ3v) is 4.33. The zero-order valence-electron chi connectivity index (χ0n) is 10.4. The van der Waals surface area contributed by atoms with Crippen LogP contribution < -0.4 is 16.0 Å². The van der Waals surface area contributed by atoms with E-state index in [1.54, 1.807) is 0 Å². The molecule has 5 heteroatoms. The van der Waals surface area contributed by atoms with Gasteiger partial charge in [0.15, 0.2) is 0 Å². The largest absolute Gasteiger partial charge is 0.365 e. The van der Waals surface area contributed by atoms with Gasteiger partial charge in [-0.1, -0.05) is 12.1 Å². The van der Waals surface area contributed by atoms with E-state index < -0.39 is 6.03 Å². The number of nitrogens with zero attached hydrogens (tertiary/aromatic N) is 1. The van der Waals surface area contributed by atoms with Crippen LogP contribution in [0, 0.1) is 0 Å². The van der Waals surface area contributed by atoms with Crippen LogP contribution in [-0.4, -0.2) is 12.6 Å². The van der Waals surface area contributed by atoms with Crippen LogP contribution in [0.15, 0.2) is 35.7 Å². The molecule has 0 bridgehead atoms. The van der Waals surface area contributed by atoms with Crippen molar-refractivity contribution in [2.75, 3.05) is 16.8 Å². The average molecular weight is 273 g/mol. The molecule has 1 aromatic carbocycles. The molecule has 4 nitrogen and oxygen atoms in total. The van der Waals surface area contributed by atoms with E-state index >= 15 is 0 Å². The van der Waals surface area contributed by atoms with Crippen molar-refractivity contribution in [3.63, 3.8) is 0 Å². The first-order chi connectivity index (χ1) is 9.24. The van der Waals surface area contributed by atoms with Gasteiger partial charge in [0, 0.05) is 18.0 Å². The Balaban J connectivity index is 1.89. The summed E-state index contributed by atoms with van der Waals surface area (Å²) in [6.07, 6.45) is 1.05. The molecule has 0 unspecified atom stereocenters. The van der Waals surface area contributed by atoms with Gasteiger partial charge in [-0.2, -0.15) is 0 Å². The van der Waals surface area contributed by atoms with Crippen LogP contribution in [0.2, 0.25) is 0 Å². The standard InChI is InChI=1S/C14H15N3OS/c15-14(18)16-11-3-1-2-4-12(11)17-7-5-13-10(9-17)6-8-19-13/h1-4,6,8H,5,7,9H2,(H3,15,16,18). The summed E-state index contributed by atoms with van der Waals surface area (Å²) in [4.78, 5) is 14.8. The van der Waals surface area contributed by atoms with E-state index in [1.165, 1.54) is 10.4 Å². The molecule has 0 radical (unpaired) electrons. The maximum absolute atomic E-state index is 11.1. The lowest BCUT2D eigenvalue weighted by Gasteiger charge is -2.30. The van der Waals surface area contributed by atoms with Crippen LogP contribution in [0.5, 0.6) is 0 Å². The summed E-state index contributed by atoms with van der Waals surface area (Å²) in [6.45, 7) is 1.85. The number of thiophene rings is 1. The van der Waals surface area contributed by atoms with Crippen molar-refractivity contribution in [3.05, 3.63) is 46.2 Å². The number of benzene rings is 1. The Morgan fingerprint density at radius 2 is 2.16 bits per heavy atom. The van der Waals surface area contributed by atoms with Crippen molar-refractivity contribution < 1.29 is 4.79 Å². The number of hydrogen-bond donors (Lipinski definition) is 2. The number of urea groups is 1. The molecule has 98 valence electrons. The Kier molecular flexibility index (Phi) is 3.13. The maximum atomic E-state index is 11.1. The summed E-state index contributed by atoms with van der Waals surface area (Å²) >= 11 is 1.82. The summed E-state index contributed by atoms with van der Waals surface area (Å²) in [5, 5.41) is 4.83. The molecule has 0 aliphatic carbocycles. The van der Waals surface area contributed by atoms with Crippen LogP contribution in [0.25, 0.3) is 0 Å². The van der Waals surface area contributed by atoms with E-state index in [-0.39, 0.29) is 0 Å². The normalized spacial score (nSPS) is 14.0. The molecular formula is C14H15N3OS. The van der Waals surface area contributed by atoms with Crippen LogP contribution in [-0.2, 0) is 13.0 Å². The van der Waals surface area contributed by atoms with Crippen molar-refractivity contribution in [1.29, 1.82) is 0 Å². The molecule has 1 aliphatic rings. The Labute approximate surface area is 115 Å². The number of para-hydroxylation sites is 2. The van der Waals surface area contributed by atoms with Crippen molar-refractivity contribution >= 4 is 28.7 Å². The number of carbonyl (C=O) groups is 1. The van der Waals surface area contributed by atoms with Crippen LogP contribution in [0.4, 0.5) is 16.2 Å². The number of carbonyl (C=O) groups excluding carboxylic acids is 1. The molecule has 3 N–H and O–H groups in total. The monoisotopic (exact) mass is 273 g/mol. The first-order valence-electron chi connectivity index (χ1n) is 6.20. The third-order valence-electron chi connectivity index (χ3n) is 3.31. The number of amides is 2. The highest BCUT2D eigenvalue weighted by Gasteiger charge is 2.19. The zero-order chi connectivity index (χ0) is 13.2. The molecule has 1 aliphatic heterocycles. The Morgan fingerprint density at radius 3 is 3.00 bits per heavy atom. The van der Waals surface area contributed by atoms with E-state index in [4.69, 9.17) is 5.73 Å². The highest BCUT2D eigenvalue weighted by atomic mass is 32.1. The SMILES string of the molecule is NC(=O)Nc1ccccc1N1CCc2sccc2C1. The molecule has 19 heavy (non-hydrogen) atoms. The van der Waals surface area contributed by atoms with E-state index in [9.17, 15) is 4.79 Å². The Morgan fingerprint density at radius 1 is 1.32 bits per heavy atom. The van der Waals surface area contributed by atoms with Gasteiger partial charge in [0.05, 0.1) is 11.4 Å². The predicted octanol–water partition coefficient (Wildman–Crippen LogP) is 2.80. The van der Waals surface area contributed by atoms with Crippen molar-refractivity contribution in [3.8, 4) is 0 Å². The second kappa shape index (κ2) is 4.93. The van der Waals surface area contributed by atoms with E-state index in [2.05, 4.69) is 21.7 Å². The fourth-order valence-corrected chi connectivity index (χ4v) is 3.33. The lowest BCUT2D eigenvalue weighted by atomic mass is 10.1. The molecule has 2 aromatic rings. The van der Waals surface area contributed by atoms with Gasteiger partial charge in [-0.05, 0) is 35.6 Å². The number of hydrogen-bond acceptors (Lipinski definition) is 3. The molecule has 0 atom stereocenters. The van der Waals surface area contributed by atoms with Crippen molar-refractivity contribution in [2.24, 2.45) is 5.73 Å². The fraction of sp³-hybridized carbons (Fsp3) is 0.214. The van der Waals surface area contributed by atoms with E-state index in [1.807, 2.05) is 35.6 Å². The molecular weight excluding hydrogens is 258 g/mol. The molecule has 0 fully saturated rings. The summed E-state index contributed by atoms with van der Waals surface area (Å²) in [5.74, 6) is 0. The van der Waals surface area contributed by atoms with Gasteiger partial charge >= 0.3 is 6.03 Å². The van der Waals surface area contributed by atoms with Crippen molar-refractivity contribution in [1.82, 2.24) is 0 Å². The topological polar surface area (TPSA) is 58.4 Å². The smallest absolute Gasteiger partial charge is 0.316 e. The van der Waals surface area contributed by atoms with Gasteiger partial charge in [-0.25, -0.2) is 4.79 Å². The van der Waals surface area contributed by atoms with E-state index in [0.717, 1.165) is 30.9 Å². The molecule has 2 amide bonds. The highest BCUT2D eigenvalue weighted by molar-refractivity contribution is 7.10. The molecule has 0 spiro atoms. The summed E-state index contributed by atoms with van der Waals surface area (Å²) < 4.78 is 0. The maximum Gasteiger partial charge on any atom is 0.316 e. The van der Waals surface area contributed by atoms with Gasteiger partial charge in [0.1, 0.15) is 0 Å². The first-order valence-corrected chi connectivity index (χ1v) is 7.07. The number of anilines is 2. The fourth-order valence-electron chi connectivity index (χ4n) is 2.44. The lowest BCUT2D eigenvalue weighted by Crippen LogP contribution is -2.30. The minimum Gasteiger partial charge on any atom is -0.365 e. The van der Waals surface area contributed by atoms with Gasteiger partial charge in [0.2, 0.25) is 0 Å². The van der Waals surface area contributed by atoms with E-state index in [0.29, 0.717) is 0 Å². The van der Waals surface area contributed by atoms with Crippen LogP contribution in [0.3, 0.4) is 0 Å². The predicted molar refractivity (Wildman–Crippen MR) is 78.7 cm³/mol. The van der Waals surface area contributed by atoms with Crippen LogP contribution >= 0.6 is 11.3 Å².